The molecule has 1 aromatic carbocycles. The summed E-state index contributed by atoms with van der Waals surface area (Å²) in [6.07, 6.45) is -3.09. The number of H-pyrrole nitrogens is 1. The summed E-state index contributed by atoms with van der Waals surface area (Å²) >= 11 is 0. The maximum absolute atomic E-state index is 13.6. The van der Waals surface area contributed by atoms with Gasteiger partial charge < -0.3 is 10.4 Å². The average Bonchev–Trinajstić information content (AvgIpc) is 3.16. The van der Waals surface area contributed by atoms with Gasteiger partial charge in [-0.05, 0) is 29.8 Å². The zero-order valence-corrected chi connectivity index (χ0v) is 15.0. The highest BCUT2D eigenvalue weighted by Gasteiger charge is 2.35. The number of aromatic nitrogens is 4. The number of fused-ring (bicyclic) bond motifs is 1. The van der Waals surface area contributed by atoms with E-state index in [2.05, 4.69) is 25.5 Å². The number of aliphatic hydroxyl groups is 1. The molecule has 0 fully saturated rings. The van der Waals surface area contributed by atoms with E-state index in [4.69, 9.17) is 0 Å². The molecule has 1 atom stereocenters. The lowest BCUT2D eigenvalue weighted by Gasteiger charge is -2.19. The minimum atomic E-state index is -4.60. The lowest BCUT2D eigenvalue weighted by molar-refractivity contribution is -0.137. The molecule has 0 aliphatic heterocycles. The van der Waals surface area contributed by atoms with E-state index < -0.39 is 17.8 Å². The zero-order valence-electron chi connectivity index (χ0n) is 15.0. The summed E-state index contributed by atoms with van der Waals surface area (Å²) < 4.78 is 40.8. The van der Waals surface area contributed by atoms with Crippen molar-refractivity contribution in [3.63, 3.8) is 0 Å². The number of pyridine rings is 2. The fourth-order valence-electron chi connectivity index (χ4n) is 3.09. The van der Waals surface area contributed by atoms with E-state index in [1.807, 2.05) is 30.3 Å². The molecule has 3 aromatic heterocycles. The standard InChI is InChI=1S/C20H16F3N5O.2H2/c21-20(22,23)14-8-9-16(25-15(11-29)12-5-2-1-3-6-12)26-18(14)17-13-7-4-10-24-19(13)28-27-17;;/h1-10,15,29H,11H2,(H,25,26)(H,24,27,28);2*1H/t15-;;/m0../s1. The minimum absolute atomic E-state index is 0. The molecular weight excluding hydrogens is 383 g/mol. The van der Waals surface area contributed by atoms with Crippen LogP contribution in [0.15, 0.2) is 60.8 Å². The Balaban J connectivity index is 0.00000171. The van der Waals surface area contributed by atoms with E-state index in [-0.39, 0.29) is 26.7 Å². The number of hydrogen-bond donors (Lipinski definition) is 3. The van der Waals surface area contributed by atoms with Gasteiger partial charge in [-0.2, -0.15) is 18.3 Å². The molecule has 0 spiro atoms. The topological polar surface area (TPSA) is 86.7 Å². The van der Waals surface area contributed by atoms with Crippen LogP contribution in [0.5, 0.6) is 0 Å². The quantitative estimate of drug-likeness (QED) is 0.451. The van der Waals surface area contributed by atoms with Crippen LogP contribution >= 0.6 is 0 Å². The van der Waals surface area contributed by atoms with Crippen LogP contribution in [0.1, 0.15) is 20.0 Å². The maximum atomic E-state index is 13.6. The molecule has 0 radical (unpaired) electrons. The molecule has 4 aromatic rings. The van der Waals surface area contributed by atoms with Crippen LogP contribution in [-0.4, -0.2) is 31.9 Å². The molecule has 6 nitrogen and oxygen atoms in total. The fourth-order valence-corrected chi connectivity index (χ4v) is 3.09. The van der Waals surface area contributed by atoms with Crippen LogP contribution in [0.3, 0.4) is 0 Å². The van der Waals surface area contributed by atoms with Crippen molar-refractivity contribution in [2.45, 2.75) is 12.2 Å². The highest BCUT2D eigenvalue weighted by molar-refractivity contribution is 5.90. The highest BCUT2D eigenvalue weighted by atomic mass is 19.4. The Morgan fingerprint density at radius 3 is 2.59 bits per heavy atom. The van der Waals surface area contributed by atoms with Gasteiger partial charge in [-0.3, -0.25) is 5.10 Å². The van der Waals surface area contributed by atoms with Crippen molar-refractivity contribution in [2.75, 3.05) is 11.9 Å². The van der Waals surface area contributed by atoms with Crippen molar-refractivity contribution >= 4 is 16.9 Å². The molecule has 0 bridgehead atoms. The smallest absolute Gasteiger partial charge is 0.394 e. The molecule has 0 aliphatic rings. The summed E-state index contributed by atoms with van der Waals surface area (Å²) in [5.41, 5.74) is 0.0348. The van der Waals surface area contributed by atoms with Crippen LogP contribution < -0.4 is 5.32 Å². The first-order valence-corrected chi connectivity index (χ1v) is 8.77. The van der Waals surface area contributed by atoms with Gasteiger partial charge in [0.05, 0.1) is 23.9 Å². The number of alkyl halides is 3. The summed E-state index contributed by atoms with van der Waals surface area (Å²) in [7, 11) is 0. The van der Waals surface area contributed by atoms with Crippen molar-refractivity contribution < 1.29 is 21.1 Å². The van der Waals surface area contributed by atoms with E-state index in [1.165, 1.54) is 12.3 Å². The first kappa shape index (κ1) is 18.9. The van der Waals surface area contributed by atoms with E-state index in [0.29, 0.717) is 11.0 Å². The van der Waals surface area contributed by atoms with E-state index in [1.54, 1.807) is 12.1 Å². The zero-order chi connectivity index (χ0) is 20.4. The molecule has 4 rings (SSSR count). The Hall–Kier alpha value is -3.46. The number of nitrogens with zero attached hydrogens (tertiary/aromatic N) is 3. The third kappa shape index (κ3) is 3.77. The Morgan fingerprint density at radius 1 is 1.07 bits per heavy atom. The van der Waals surface area contributed by atoms with Gasteiger partial charge >= 0.3 is 6.18 Å². The summed E-state index contributed by atoms with van der Waals surface area (Å²) in [5.74, 6) is 0.197. The molecule has 0 amide bonds. The van der Waals surface area contributed by atoms with Gasteiger partial charge in [-0.1, -0.05) is 30.3 Å². The van der Waals surface area contributed by atoms with Gasteiger partial charge in [0.1, 0.15) is 11.5 Å². The predicted molar refractivity (Wildman–Crippen MR) is 106 cm³/mol. The molecule has 29 heavy (non-hydrogen) atoms. The number of hydrogen-bond acceptors (Lipinski definition) is 5. The third-order valence-corrected chi connectivity index (χ3v) is 4.47. The number of anilines is 1. The number of aromatic amines is 1. The average molecular weight is 403 g/mol. The van der Waals surface area contributed by atoms with E-state index in [9.17, 15) is 18.3 Å². The van der Waals surface area contributed by atoms with Crippen LogP contribution in [0.2, 0.25) is 0 Å². The molecule has 3 heterocycles. The number of nitrogens with one attached hydrogen (secondary N) is 2. The van der Waals surface area contributed by atoms with Gasteiger partial charge in [0, 0.05) is 14.4 Å². The van der Waals surface area contributed by atoms with Crippen molar-refractivity contribution in [2.24, 2.45) is 0 Å². The third-order valence-electron chi connectivity index (χ3n) is 4.47. The molecule has 3 N–H and O–H groups in total. The predicted octanol–water partition coefficient (Wildman–Crippen LogP) is 4.68. The summed E-state index contributed by atoms with van der Waals surface area (Å²) in [5, 5.41) is 19.7. The SMILES string of the molecule is OC[C@H](Nc1ccc(C(F)(F)F)c(-c2[nH]nc3ncccc23)n1)c1ccccc1.[HH].[HH]. The normalized spacial score (nSPS) is 12.8. The molecule has 0 unspecified atom stereocenters. The van der Waals surface area contributed by atoms with Crippen LogP contribution in [0, 0.1) is 0 Å². The lowest BCUT2D eigenvalue weighted by Crippen LogP contribution is -2.17. The molecule has 0 saturated heterocycles. The number of aliphatic hydroxyl groups excluding tert-OH is 1. The van der Waals surface area contributed by atoms with Crippen LogP contribution in [0.4, 0.5) is 19.0 Å². The van der Waals surface area contributed by atoms with Crippen molar-refractivity contribution in [3.8, 4) is 11.4 Å². The van der Waals surface area contributed by atoms with Gasteiger partial charge in [0.25, 0.3) is 0 Å². The van der Waals surface area contributed by atoms with Gasteiger partial charge in [-0.15, -0.1) is 0 Å². The van der Waals surface area contributed by atoms with Crippen molar-refractivity contribution in [1.82, 2.24) is 20.2 Å². The molecule has 0 saturated carbocycles. The second-order valence-electron chi connectivity index (χ2n) is 6.35. The Kier molecular flexibility index (Phi) is 4.89. The summed E-state index contributed by atoms with van der Waals surface area (Å²) in [6.45, 7) is -0.251. The maximum Gasteiger partial charge on any atom is 0.418 e. The monoisotopic (exact) mass is 403 g/mol. The lowest BCUT2D eigenvalue weighted by atomic mass is 10.1. The number of halogens is 3. The Morgan fingerprint density at radius 2 is 1.86 bits per heavy atom. The second-order valence-corrected chi connectivity index (χ2v) is 6.35. The van der Waals surface area contributed by atoms with E-state index in [0.717, 1.165) is 11.6 Å². The van der Waals surface area contributed by atoms with E-state index >= 15 is 0 Å². The van der Waals surface area contributed by atoms with Crippen LogP contribution in [-0.2, 0) is 6.18 Å². The summed E-state index contributed by atoms with van der Waals surface area (Å²) in [4.78, 5) is 8.25. The van der Waals surface area contributed by atoms with Crippen molar-refractivity contribution in [3.05, 3.63) is 71.9 Å². The molecule has 9 heteroatoms. The Labute approximate surface area is 166 Å². The van der Waals surface area contributed by atoms with Gasteiger partial charge in [-0.25, -0.2) is 9.97 Å². The largest absolute Gasteiger partial charge is 0.418 e. The highest BCUT2D eigenvalue weighted by Crippen LogP contribution is 2.38. The first-order chi connectivity index (χ1) is 14.0. The molecular formula is C20H20F3N5O. The second kappa shape index (κ2) is 7.51. The van der Waals surface area contributed by atoms with Gasteiger partial charge in [0.2, 0.25) is 0 Å². The molecule has 152 valence electrons. The molecule has 0 aliphatic carbocycles. The minimum Gasteiger partial charge on any atom is -0.394 e. The summed E-state index contributed by atoms with van der Waals surface area (Å²) in [6, 6.07) is 14.0. The van der Waals surface area contributed by atoms with Gasteiger partial charge in [0.15, 0.2) is 5.65 Å². The van der Waals surface area contributed by atoms with Crippen molar-refractivity contribution in [1.29, 1.82) is 0 Å². The van der Waals surface area contributed by atoms with Crippen LogP contribution in [0.25, 0.3) is 22.4 Å². The number of benzene rings is 1. The Bertz CT molecular complexity index is 1140. The first-order valence-electron chi connectivity index (χ1n) is 8.77. The fraction of sp³-hybridized carbons (Fsp3) is 0.150. The number of rotatable bonds is 5.